The summed E-state index contributed by atoms with van der Waals surface area (Å²) in [4.78, 5) is 22.8. The van der Waals surface area contributed by atoms with Gasteiger partial charge in [-0.05, 0) is 25.7 Å². The van der Waals surface area contributed by atoms with Gasteiger partial charge in [-0.15, -0.1) is 0 Å². The first-order chi connectivity index (χ1) is 11.2. The van der Waals surface area contributed by atoms with Gasteiger partial charge in [0.25, 0.3) is 0 Å². The molecule has 0 aromatic rings. The van der Waals surface area contributed by atoms with Crippen LogP contribution in [0.3, 0.4) is 0 Å². The predicted molar refractivity (Wildman–Crippen MR) is 96.8 cm³/mol. The minimum atomic E-state index is -0.933. The van der Waals surface area contributed by atoms with Crippen molar-refractivity contribution in [1.82, 2.24) is 0 Å². The Kier molecular flexibility index (Phi) is 12.3. The van der Waals surface area contributed by atoms with Crippen molar-refractivity contribution in [2.24, 2.45) is 0 Å². The highest BCUT2D eigenvalue weighted by Crippen LogP contribution is 2.10. The molecule has 0 rings (SSSR count). The van der Waals surface area contributed by atoms with E-state index in [1.54, 1.807) is 0 Å². The number of carbonyl (C=O) groups is 2. The summed E-state index contributed by atoms with van der Waals surface area (Å²) in [7, 11) is 5.87. The van der Waals surface area contributed by atoms with Crippen molar-refractivity contribution in [2.45, 2.75) is 70.8 Å². The fraction of sp³-hybridized carbons (Fsp3) is 0.789. The van der Waals surface area contributed by atoms with Crippen LogP contribution in [0.4, 0.5) is 0 Å². The summed E-state index contributed by atoms with van der Waals surface area (Å²) in [5, 5.41) is 8.94. The van der Waals surface area contributed by atoms with Crippen LogP contribution >= 0.6 is 0 Å². The molecule has 1 atom stereocenters. The molecule has 24 heavy (non-hydrogen) atoms. The minimum absolute atomic E-state index is 0.134. The molecule has 0 aliphatic carbocycles. The minimum Gasteiger partial charge on any atom is -0.481 e. The number of quaternary nitrogens is 1. The zero-order valence-corrected chi connectivity index (χ0v) is 15.9. The maximum Gasteiger partial charge on any atom is 0.307 e. The van der Waals surface area contributed by atoms with Crippen LogP contribution < -0.4 is 0 Å². The highest BCUT2D eigenvalue weighted by atomic mass is 16.5. The molecule has 0 spiro atoms. The fourth-order valence-electron chi connectivity index (χ4n) is 2.48. The van der Waals surface area contributed by atoms with Gasteiger partial charge in [-0.3, -0.25) is 9.59 Å². The van der Waals surface area contributed by atoms with Crippen molar-refractivity contribution < 1.29 is 23.9 Å². The van der Waals surface area contributed by atoms with Crippen LogP contribution in [-0.2, 0) is 14.3 Å². The van der Waals surface area contributed by atoms with Gasteiger partial charge in [0, 0.05) is 6.42 Å². The van der Waals surface area contributed by atoms with Gasteiger partial charge in [-0.1, -0.05) is 38.3 Å². The van der Waals surface area contributed by atoms with E-state index in [0.29, 0.717) is 17.4 Å². The maximum atomic E-state index is 11.9. The Morgan fingerprint density at radius 2 is 1.67 bits per heavy atom. The molecule has 5 heteroatoms. The lowest BCUT2D eigenvalue weighted by Gasteiger charge is -2.28. The van der Waals surface area contributed by atoms with Crippen molar-refractivity contribution in [3.63, 3.8) is 0 Å². The van der Waals surface area contributed by atoms with Crippen LogP contribution in [0.15, 0.2) is 12.2 Å². The van der Waals surface area contributed by atoms with E-state index in [4.69, 9.17) is 9.84 Å². The van der Waals surface area contributed by atoms with E-state index in [-0.39, 0.29) is 12.4 Å². The number of allylic oxidation sites excluding steroid dienone is 2. The first-order valence-electron chi connectivity index (χ1n) is 9.11. The van der Waals surface area contributed by atoms with Gasteiger partial charge in [0.2, 0.25) is 0 Å². The second-order valence-electron chi connectivity index (χ2n) is 7.40. The molecule has 0 saturated heterocycles. The Labute approximate surface area is 147 Å². The van der Waals surface area contributed by atoms with E-state index in [1.807, 2.05) is 21.1 Å². The van der Waals surface area contributed by atoms with E-state index >= 15 is 0 Å². The fourth-order valence-corrected chi connectivity index (χ4v) is 2.48. The van der Waals surface area contributed by atoms with Crippen molar-refractivity contribution in [3.05, 3.63) is 12.2 Å². The van der Waals surface area contributed by atoms with Crippen molar-refractivity contribution >= 4 is 11.9 Å². The van der Waals surface area contributed by atoms with Crippen LogP contribution in [0.25, 0.3) is 0 Å². The first-order valence-corrected chi connectivity index (χ1v) is 9.11. The molecule has 0 amide bonds. The number of aliphatic carboxylic acids is 1. The van der Waals surface area contributed by atoms with Crippen molar-refractivity contribution in [2.75, 3.05) is 27.7 Å². The molecule has 1 unspecified atom stereocenters. The molecule has 0 fully saturated rings. The smallest absolute Gasteiger partial charge is 0.307 e. The van der Waals surface area contributed by atoms with E-state index < -0.39 is 12.1 Å². The number of esters is 1. The first kappa shape index (κ1) is 22.6. The summed E-state index contributed by atoms with van der Waals surface area (Å²) >= 11 is 0. The Bertz CT molecular complexity index is 385. The molecule has 0 saturated carbocycles. The van der Waals surface area contributed by atoms with Crippen LogP contribution in [0.2, 0.25) is 0 Å². The predicted octanol–water partition coefficient (Wildman–Crippen LogP) is 3.78. The second kappa shape index (κ2) is 13.0. The summed E-state index contributed by atoms with van der Waals surface area (Å²) in [5.41, 5.74) is 0. The quantitative estimate of drug-likeness (QED) is 0.226. The standard InChI is InChI=1S/C19H35NO4/c1-5-6-7-8-9-10-11-12-13-14-19(23)24-17(15-18(21)22)16-20(2,3)4/h7-8,17H,5-6,9-16H2,1-4H3/p+1/b8-7+. The molecule has 0 bridgehead atoms. The lowest BCUT2D eigenvalue weighted by atomic mass is 10.1. The highest BCUT2D eigenvalue weighted by molar-refractivity contribution is 5.71. The Balaban J connectivity index is 3.90. The number of likely N-dealkylation sites (N-methyl/N-ethyl adjacent to an activating group) is 1. The summed E-state index contributed by atoms with van der Waals surface area (Å²) in [6.07, 6.45) is 11.7. The second-order valence-corrected chi connectivity index (χ2v) is 7.40. The van der Waals surface area contributed by atoms with Crippen molar-refractivity contribution in [1.29, 1.82) is 0 Å². The third kappa shape index (κ3) is 15.5. The van der Waals surface area contributed by atoms with Gasteiger partial charge >= 0.3 is 11.9 Å². The highest BCUT2D eigenvalue weighted by Gasteiger charge is 2.24. The van der Waals surface area contributed by atoms with Crippen LogP contribution in [0.5, 0.6) is 0 Å². The number of carbonyl (C=O) groups excluding carboxylic acids is 1. The molecule has 0 aliphatic rings. The summed E-state index contributed by atoms with van der Waals surface area (Å²) < 4.78 is 5.93. The van der Waals surface area contributed by atoms with Gasteiger partial charge in [0.15, 0.2) is 6.10 Å². The zero-order valence-electron chi connectivity index (χ0n) is 15.9. The molecular formula is C19H36NO4+. The normalized spacial score (nSPS) is 13.2. The third-order valence-corrected chi connectivity index (χ3v) is 3.58. The van der Waals surface area contributed by atoms with E-state index in [0.717, 1.165) is 38.5 Å². The SMILES string of the molecule is CCC/C=C/CCCCCCC(=O)OC(CC(=O)O)C[N+](C)(C)C. The monoisotopic (exact) mass is 342 g/mol. The molecule has 1 N–H and O–H groups in total. The van der Waals surface area contributed by atoms with E-state index in [9.17, 15) is 9.59 Å². The maximum absolute atomic E-state index is 11.9. The number of hydrogen-bond acceptors (Lipinski definition) is 3. The Morgan fingerprint density at radius 1 is 1.04 bits per heavy atom. The molecule has 0 aromatic carbocycles. The molecule has 5 nitrogen and oxygen atoms in total. The molecule has 0 radical (unpaired) electrons. The Morgan fingerprint density at radius 3 is 2.25 bits per heavy atom. The molecule has 0 heterocycles. The summed E-state index contributed by atoms with van der Waals surface area (Å²) in [5.74, 6) is -1.21. The number of rotatable bonds is 14. The average Bonchev–Trinajstić information content (AvgIpc) is 2.42. The lowest BCUT2D eigenvalue weighted by Crippen LogP contribution is -2.43. The van der Waals surface area contributed by atoms with E-state index in [2.05, 4.69) is 19.1 Å². The third-order valence-electron chi connectivity index (χ3n) is 3.58. The number of hydrogen-bond donors (Lipinski definition) is 1. The topological polar surface area (TPSA) is 63.6 Å². The van der Waals surface area contributed by atoms with Gasteiger partial charge in [-0.2, -0.15) is 0 Å². The van der Waals surface area contributed by atoms with Crippen molar-refractivity contribution in [3.8, 4) is 0 Å². The van der Waals surface area contributed by atoms with Crippen LogP contribution in [-0.4, -0.2) is 55.3 Å². The number of unbranched alkanes of at least 4 members (excludes halogenated alkanes) is 5. The van der Waals surface area contributed by atoms with Crippen LogP contribution in [0.1, 0.15) is 64.7 Å². The number of carboxylic acids is 1. The number of ether oxygens (including phenoxy) is 1. The van der Waals surface area contributed by atoms with Crippen LogP contribution in [0, 0.1) is 0 Å². The van der Waals surface area contributed by atoms with Gasteiger partial charge < -0.3 is 14.3 Å². The molecule has 0 aromatic heterocycles. The largest absolute Gasteiger partial charge is 0.481 e. The Hall–Kier alpha value is -1.36. The van der Waals surface area contributed by atoms with E-state index in [1.165, 1.54) is 6.42 Å². The number of carboxylic acid groups (broad SMARTS) is 1. The molecule has 0 aliphatic heterocycles. The molecule has 140 valence electrons. The van der Waals surface area contributed by atoms with Gasteiger partial charge in [0.05, 0.1) is 27.6 Å². The number of nitrogens with zero attached hydrogens (tertiary/aromatic N) is 1. The zero-order chi connectivity index (χ0) is 18.4. The van der Waals surface area contributed by atoms with Gasteiger partial charge in [-0.25, -0.2) is 0 Å². The summed E-state index contributed by atoms with van der Waals surface area (Å²) in [6.45, 7) is 2.67. The molecular weight excluding hydrogens is 306 g/mol. The van der Waals surface area contributed by atoms with Gasteiger partial charge in [0.1, 0.15) is 6.54 Å². The summed E-state index contributed by atoms with van der Waals surface area (Å²) in [6, 6.07) is 0. The average molecular weight is 343 g/mol. The lowest BCUT2D eigenvalue weighted by molar-refractivity contribution is -0.873.